The Bertz CT molecular complexity index is 708. The zero-order valence-corrected chi connectivity index (χ0v) is 14.1. The first-order chi connectivity index (χ1) is 11.2. The molecule has 0 spiro atoms. The van der Waals surface area contributed by atoms with Crippen LogP contribution in [0.5, 0.6) is 0 Å². The second-order valence-electron chi connectivity index (χ2n) is 6.46. The van der Waals surface area contributed by atoms with Crippen molar-refractivity contribution in [2.75, 3.05) is 0 Å². The van der Waals surface area contributed by atoms with E-state index in [1.54, 1.807) is 26.8 Å². The maximum atomic E-state index is 12.4. The molecule has 6 nitrogen and oxygen atoms in total. The predicted octanol–water partition coefficient (Wildman–Crippen LogP) is 1.65. The number of allylic oxidation sites excluding steroid dienone is 2. The molecule has 2 aliphatic rings. The first-order valence-corrected chi connectivity index (χ1v) is 7.58. The zero-order valence-electron chi connectivity index (χ0n) is 14.1. The van der Waals surface area contributed by atoms with Gasteiger partial charge in [0.15, 0.2) is 6.10 Å². The van der Waals surface area contributed by atoms with Crippen molar-refractivity contribution < 1.29 is 23.9 Å². The molecule has 1 fully saturated rings. The predicted molar refractivity (Wildman–Crippen MR) is 85.2 cm³/mol. The SMILES string of the molecule is CC(=O)O[C@@H]1C#C/C=C\C#CC[C@H]2C(=O)N(C(=O)OC(C)(C)C)C12. The summed E-state index contributed by atoms with van der Waals surface area (Å²) in [7, 11) is 0. The molecular formula is C18H19NO5. The third-order valence-electron chi connectivity index (χ3n) is 3.36. The highest BCUT2D eigenvalue weighted by Gasteiger charge is 2.56. The summed E-state index contributed by atoms with van der Waals surface area (Å²) in [6.45, 7) is 6.38. The Balaban J connectivity index is 2.33. The lowest BCUT2D eigenvalue weighted by atomic mass is 9.81. The number of hydrogen-bond donors (Lipinski definition) is 0. The average molecular weight is 329 g/mol. The third kappa shape index (κ3) is 3.97. The van der Waals surface area contributed by atoms with Crippen molar-refractivity contribution in [3.63, 3.8) is 0 Å². The van der Waals surface area contributed by atoms with Crippen molar-refractivity contribution >= 4 is 18.0 Å². The standard InChI is InChI=1S/C18H19NO5/c1-12(20)23-14-11-9-7-5-6-8-10-13-15(14)19(16(13)21)17(22)24-18(2,3)4/h5,7,13-15H,10H2,1-4H3/b7-5-/t13-,14-,15?/m1/s1. The molecule has 1 aliphatic heterocycles. The van der Waals surface area contributed by atoms with E-state index >= 15 is 0 Å². The Morgan fingerprint density at radius 2 is 1.92 bits per heavy atom. The molecule has 0 aromatic heterocycles. The Hall–Kier alpha value is -2.73. The minimum absolute atomic E-state index is 0.257. The van der Waals surface area contributed by atoms with E-state index in [-0.39, 0.29) is 6.42 Å². The molecule has 6 heteroatoms. The monoisotopic (exact) mass is 329 g/mol. The minimum Gasteiger partial charge on any atom is -0.447 e. The quantitative estimate of drug-likeness (QED) is 0.415. The molecule has 1 aliphatic carbocycles. The fourth-order valence-electron chi connectivity index (χ4n) is 2.45. The number of ether oxygens (including phenoxy) is 2. The minimum atomic E-state index is -0.915. The molecule has 1 unspecified atom stereocenters. The van der Waals surface area contributed by atoms with Crippen LogP contribution in [0, 0.1) is 29.6 Å². The number of likely N-dealkylation sites (tertiary alicyclic amines) is 1. The van der Waals surface area contributed by atoms with Crippen LogP contribution in [0.3, 0.4) is 0 Å². The number of amides is 2. The summed E-state index contributed by atoms with van der Waals surface area (Å²) < 4.78 is 10.5. The van der Waals surface area contributed by atoms with Gasteiger partial charge in [-0.1, -0.05) is 23.7 Å². The molecular weight excluding hydrogens is 310 g/mol. The van der Waals surface area contributed by atoms with Crippen molar-refractivity contribution in [2.45, 2.75) is 51.9 Å². The summed E-state index contributed by atoms with van der Waals surface area (Å²) in [5, 5.41) is 0. The fourth-order valence-corrected chi connectivity index (χ4v) is 2.45. The van der Waals surface area contributed by atoms with Crippen LogP contribution in [0.1, 0.15) is 34.1 Å². The number of rotatable bonds is 1. The first-order valence-electron chi connectivity index (χ1n) is 7.58. The molecule has 0 aromatic rings. The van der Waals surface area contributed by atoms with Crippen LogP contribution in [-0.2, 0) is 19.1 Å². The molecule has 0 aromatic carbocycles. The molecule has 3 atom stereocenters. The van der Waals surface area contributed by atoms with E-state index in [1.807, 2.05) is 0 Å². The van der Waals surface area contributed by atoms with E-state index in [0.717, 1.165) is 4.90 Å². The van der Waals surface area contributed by atoms with Gasteiger partial charge in [0, 0.05) is 13.3 Å². The van der Waals surface area contributed by atoms with Gasteiger partial charge in [0.25, 0.3) is 0 Å². The van der Waals surface area contributed by atoms with Gasteiger partial charge < -0.3 is 9.47 Å². The lowest BCUT2D eigenvalue weighted by Gasteiger charge is -2.46. The lowest BCUT2D eigenvalue weighted by Crippen LogP contribution is -2.68. The highest BCUT2D eigenvalue weighted by atomic mass is 16.6. The number of β-lactam (4-membered cyclic amide) rings is 1. The largest absolute Gasteiger partial charge is 0.447 e. The van der Waals surface area contributed by atoms with Crippen molar-refractivity contribution in [1.29, 1.82) is 0 Å². The van der Waals surface area contributed by atoms with Gasteiger partial charge in [-0.2, -0.15) is 0 Å². The maximum Gasteiger partial charge on any atom is 0.417 e. The van der Waals surface area contributed by atoms with Crippen LogP contribution >= 0.6 is 0 Å². The summed E-state index contributed by atoms with van der Waals surface area (Å²) in [6.07, 6.45) is 1.66. The van der Waals surface area contributed by atoms with E-state index < -0.39 is 41.6 Å². The van der Waals surface area contributed by atoms with Crippen LogP contribution < -0.4 is 0 Å². The number of esters is 1. The van der Waals surface area contributed by atoms with Crippen LogP contribution in [0.25, 0.3) is 0 Å². The number of imide groups is 1. The maximum absolute atomic E-state index is 12.4. The zero-order chi connectivity index (χ0) is 17.9. The Kier molecular flexibility index (Phi) is 4.99. The van der Waals surface area contributed by atoms with Crippen LogP contribution in [0.2, 0.25) is 0 Å². The molecule has 1 heterocycles. The van der Waals surface area contributed by atoms with Crippen LogP contribution in [0.15, 0.2) is 12.2 Å². The van der Waals surface area contributed by atoms with Gasteiger partial charge in [0.05, 0.1) is 5.92 Å². The van der Waals surface area contributed by atoms with Gasteiger partial charge in [-0.05, 0) is 32.9 Å². The van der Waals surface area contributed by atoms with E-state index in [9.17, 15) is 14.4 Å². The third-order valence-corrected chi connectivity index (χ3v) is 3.36. The number of nitrogens with zero attached hydrogens (tertiary/aromatic N) is 1. The molecule has 24 heavy (non-hydrogen) atoms. The first kappa shape index (κ1) is 17.6. The fraction of sp³-hybridized carbons (Fsp3) is 0.500. The summed E-state index contributed by atoms with van der Waals surface area (Å²) >= 11 is 0. The summed E-state index contributed by atoms with van der Waals surface area (Å²) in [4.78, 5) is 37.1. The summed E-state index contributed by atoms with van der Waals surface area (Å²) in [6, 6.07) is -0.704. The Labute approximate surface area is 141 Å². The summed E-state index contributed by atoms with van der Waals surface area (Å²) in [5.74, 6) is 9.62. The van der Waals surface area contributed by atoms with Crippen molar-refractivity contribution in [3.05, 3.63) is 12.2 Å². The second-order valence-corrected chi connectivity index (χ2v) is 6.46. The Morgan fingerprint density at radius 3 is 2.54 bits per heavy atom. The van der Waals surface area contributed by atoms with Gasteiger partial charge in [-0.3, -0.25) is 9.59 Å². The lowest BCUT2D eigenvalue weighted by molar-refractivity contribution is -0.167. The van der Waals surface area contributed by atoms with Gasteiger partial charge >= 0.3 is 12.1 Å². The van der Waals surface area contributed by atoms with E-state index in [0.29, 0.717) is 0 Å². The van der Waals surface area contributed by atoms with Gasteiger partial charge in [0.2, 0.25) is 5.91 Å². The molecule has 2 rings (SSSR count). The molecule has 2 amide bonds. The van der Waals surface area contributed by atoms with Crippen LogP contribution in [0.4, 0.5) is 4.79 Å². The molecule has 0 bridgehead atoms. The molecule has 0 N–H and O–H groups in total. The van der Waals surface area contributed by atoms with Crippen molar-refractivity contribution in [1.82, 2.24) is 4.90 Å². The normalized spacial score (nSPS) is 26.4. The van der Waals surface area contributed by atoms with E-state index in [2.05, 4.69) is 23.7 Å². The average Bonchev–Trinajstić information content (AvgIpc) is 2.43. The highest BCUT2D eigenvalue weighted by Crippen LogP contribution is 2.34. The number of fused-ring (bicyclic) bond motifs is 1. The molecule has 1 saturated heterocycles. The van der Waals surface area contributed by atoms with Crippen LogP contribution in [-0.4, -0.2) is 40.6 Å². The van der Waals surface area contributed by atoms with E-state index in [4.69, 9.17) is 9.47 Å². The topological polar surface area (TPSA) is 72.9 Å². The number of carbonyl (C=O) groups excluding carboxylic acids is 3. The smallest absolute Gasteiger partial charge is 0.417 e. The van der Waals surface area contributed by atoms with Gasteiger partial charge in [-0.15, -0.1) is 0 Å². The van der Waals surface area contributed by atoms with Gasteiger partial charge in [0.1, 0.15) is 11.6 Å². The second kappa shape index (κ2) is 6.80. The number of carbonyl (C=O) groups is 3. The highest BCUT2D eigenvalue weighted by molar-refractivity contribution is 6.00. The summed E-state index contributed by atoms with van der Waals surface area (Å²) in [5.41, 5.74) is -0.746. The number of hydrogen-bond acceptors (Lipinski definition) is 5. The molecule has 0 saturated carbocycles. The molecule has 126 valence electrons. The van der Waals surface area contributed by atoms with Gasteiger partial charge in [-0.25, -0.2) is 9.69 Å². The molecule has 0 radical (unpaired) electrons. The Morgan fingerprint density at radius 1 is 1.25 bits per heavy atom. The van der Waals surface area contributed by atoms with Crippen molar-refractivity contribution in [2.24, 2.45) is 5.92 Å². The van der Waals surface area contributed by atoms with Crippen molar-refractivity contribution in [3.8, 4) is 23.7 Å². The van der Waals surface area contributed by atoms with E-state index in [1.165, 1.54) is 13.0 Å².